The number of carbonyl (C=O) groups is 2. The molecule has 110 valence electrons. The third-order valence-electron chi connectivity index (χ3n) is 2.74. The number of hydrogen-bond acceptors (Lipinski definition) is 5. The number of rotatable bonds is 7. The molecule has 0 bridgehead atoms. The smallest absolute Gasteiger partial charge is 0.312 e. The molecular formula is C11H16N4O5. The summed E-state index contributed by atoms with van der Waals surface area (Å²) < 4.78 is 1.41. The minimum atomic E-state index is -0.987. The van der Waals surface area contributed by atoms with Gasteiger partial charge in [0.25, 0.3) is 0 Å². The summed E-state index contributed by atoms with van der Waals surface area (Å²) in [7, 11) is 0. The van der Waals surface area contributed by atoms with Gasteiger partial charge in [0.1, 0.15) is 11.4 Å². The molecule has 9 nitrogen and oxygen atoms in total. The molecule has 1 heterocycles. The van der Waals surface area contributed by atoms with Crippen molar-refractivity contribution in [2.24, 2.45) is 0 Å². The van der Waals surface area contributed by atoms with Gasteiger partial charge in [0.2, 0.25) is 5.91 Å². The van der Waals surface area contributed by atoms with E-state index in [1.807, 2.05) is 0 Å². The minimum absolute atomic E-state index is 0.0451. The van der Waals surface area contributed by atoms with Crippen molar-refractivity contribution >= 4 is 17.6 Å². The molecule has 0 unspecified atom stereocenters. The Morgan fingerprint density at radius 2 is 2.05 bits per heavy atom. The molecular weight excluding hydrogens is 268 g/mol. The Bertz CT molecular complexity index is 537. The van der Waals surface area contributed by atoms with E-state index in [1.165, 1.54) is 11.6 Å². The van der Waals surface area contributed by atoms with E-state index in [0.717, 1.165) is 0 Å². The van der Waals surface area contributed by atoms with Crippen LogP contribution in [0, 0.1) is 24.0 Å². The number of carbonyl (C=O) groups excluding carboxylic acids is 1. The van der Waals surface area contributed by atoms with E-state index in [9.17, 15) is 19.7 Å². The molecule has 0 saturated heterocycles. The first-order valence-corrected chi connectivity index (χ1v) is 5.99. The molecule has 0 aromatic carbocycles. The van der Waals surface area contributed by atoms with Crippen molar-refractivity contribution in [1.29, 1.82) is 0 Å². The molecule has 1 aromatic rings. The molecule has 0 aliphatic rings. The summed E-state index contributed by atoms with van der Waals surface area (Å²) in [6.45, 7) is 3.37. The van der Waals surface area contributed by atoms with Crippen molar-refractivity contribution in [1.82, 2.24) is 15.1 Å². The van der Waals surface area contributed by atoms with Gasteiger partial charge in [-0.15, -0.1) is 0 Å². The van der Waals surface area contributed by atoms with Gasteiger partial charge in [-0.3, -0.25) is 24.4 Å². The molecule has 20 heavy (non-hydrogen) atoms. The average molecular weight is 284 g/mol. The van der Waals surface area contributed by atoms with Crippen LogP contribution in [0.2, 0.25) is 0 Å². The number of hydrogen-bond donors (Lipinski definition) is 2. The summed E-state index contributed by atoms with van der Waals surface area (Å²) in [5.41, 5.74) is 0.654. The van der Waals surface area contributed by atoms with Crippen LogP contribution in [-0.2, 0) is 16.1 Å². The number of nitrogens with one attached hydrogen (secondary N) is 1. The topological polar surface area (TPSA) is 127 Å². The molecule has 0 radical (unpaired) electrons. The fraction of sp³-hybridized carbons (Fsp3) is 0.545. The summed E-state index contributed by atoms with van der Waals surface area (Å²) in [4.78, 5) is 32.1. The van der Waals surface area contributed by atoms with Gasteiger partial charge in [-0.2, -0.15) is 5.10 Å². The highest BCUT2D eigenvalue weighted by molar-refractivity contribution is 5.76. The quantitative estimate of drug-likeness (QED) is 0.550. The average Bonchev–Trinajstić information content (AvgIpc) is 2.61. The van der Waals surface area contributed by atoms with Crippen LogP contribution in [0.15, 0.2) is 0 Å². The Hall–Kier alpha value is -2.45. The number of aryl methyl sites for hydroxylation is 2. The van der Waals surface area contributed by atoms with E-state index < -0.39 is 10.9 Å². The predicted molar refractivity (Wildman–Crippen MR) is 68.2 cm³/mol. The number of aliphatic carboxylic acids is 1. The number of carboxylic acid groups (broad SMARTS) is 1. The van der Waals surface area contributed by atoms with Crippen molar-refractivity contribution < 1.29 is 19.6 Å². The van der Waals surface area contributed by atoms with Gasteiger partial charge >= 0.3 is 11.7 Å². The van der Waals surface area contributed by atoms with E-state index >= 15 is 0 Å². The van der Waals surface area contributed by atoms with Crippen LogP contribution >= 0.6 is 0 Å². The van der Waals surface area contributed by atoms with Gasteiger partial charge < -0.3 is 10.4 Å². The molecule has 0 aliphatic heterocycles. The Kier molecular flexibility index (Phi) is 5.18. The van der Waals surface area contributed by atoms with Crippen molar-refractivity contribution in [3.8, 4) is 0 Å². The number of aromatic nitrogens is 2. The van der Waals surface area contributed by atoms with Crippen LogP contribution in [0.1, 0.15) is 24.2 Å². The van der Waals surface area contributed by atoms with E-state index in [0.29, 0.717) is 11.4 Å². The molecule has 0 fully saturated rings. The second kappa shape index (κ2) is 6.64. The molecule has 0 atom stereocenters. The van der Waals surface area contributed by atoms with Crippen molar-refractivity contribution in [3.05, 3.63) is 21.5 Å². The third-order valence-corrected chi connectivity index (χ3v) is 2.74. The maximum atomic E-state index is 11.5. The lowest BCUT2D eigenvalue weighted by molar-refractivity contribution is -0.386. The monoisotopic (exact) mass is 284 g/mol. The molecule has 1 rings (SSSR count). The van der Waals surface area contributed by atoms with Crippen LogP contribution in [0.5, 0.6) is 0 Å². The van der Waals surface area contributed by atoms with Crippen LogP contribution < -0.4 is 5.32 Å². The largest absolute Gasteiger partial charge is 0.481 e. The highest BCUT2D eigenvalue weighted by Crippen LogP contribution is 2.21. The van der Waals surface area contributed by atoms with Gasteiger partial charge in [0.15, 0.2) is 0 Å². The van der Waals surface area contributed by atoms with Crippen LogP contribution in [-0.4, -0.2) is 38.2 Å². The SMILES string of the molecule is Cc1nn(CCC(=O)NCCC(=O)O)c(C)c1[N+](=O)[O-]. The summed E-state index contributed by atoms with van der Waals surface area (Å²) in [6, 6.07) is 0. The Morgan fingerprint density at radius 1 is 1.40 bits per heavy atom. The molecule has 9 heteroatoms. The number of carboxylic acids is 1. The second-order valence-corrected chi connectivity index (χ2v) is 4.24. The normalized spacial score (nSPS) is 10.3. The van der Waals surface area contributed by atoms with Crippen molar-refractivity contribution in [2.75, 3.05) is 6.54 Å². The fourth-order valence-electron chi connectivity index (χ4n) is 1.77. The van der Waals surface area contributed by atoms with Gasteiger partial charge in [-0.25, -0.2) is 0 Å². The summed E-state index contributed by atoms with van der Waals surface area (Å²) in [5.74, 6) is -1.30. The second-order valence-electron chi connectivity index (χ2n) is 4.24. The Balaban J connectivity index is 2.54. The van der Waals surface area contributed by atoms with Gasteiger partial charge in [-0.1, -0.05) is 0 Å². The lowest BCUT2D eigenvalue weighted by Gasteiger charge is -2.05. The zero-order valence-electron chi connectivity index (χ0n) is 11.3. The van der Waals surface area contributed by atoms with Gasteiger partial charge in [0, 0.05) is 13.0 Å². The highest BCUT2D eigenvalue weighted by Gasteiger charge is 2.21. The lowest BCUT2D eigenvalue weighted by Crippen LogP contribution is -2.27. The van der Waals surface area contributed by atoms with Crippen LogP contribution in [0.4, 0.5) is 5.69 Å². The van der Waals surface area contributed by atoms with E-state index in [1.54, 1.807) is 6.92 Å². The standard InChI is InChI=1S/C11H16N4O5/c1-7-11(15(19)20)8(2)14(13-7)6-4-9(16)12-5-3-10(17)18/h3-6H2,1-2H3,(H,12,16)(H,17,18). The van der Waals surface area contributed by atoms with E-state index in [2.05, 4.69) is 10.4 Å². The van der Waals surface area contributed by atoms with Crippen molar-refractivity contribution in [2.45, 2.75) is 33.2 Å². The highest BCUT2D eigenvalue weighted by atomic mass is 16.6. The Morgan fingerprint density at radius 3 is 2.55 bits per heavy atom. The first-order chi connectivity index (χ1) is 9.32. The molecule has 1 amide bonds. The Labute approximate surface area is 114 Å². The molecule has 1 aromatic heterocycles. The number of nitrogens with zero attached hydrogens (tertiary/aromatic N) is 3. The van der Waals surface area contributed by atoms with E-state index in [-0.39, 0.29) is 37.5 Å². The maximum absolute atomic E-state index is 11.5. The summed E-state index contributed by atoms with van der Waals surface area (Å²) in [6.07, 6.45) is -0.0597. The van der Waals surface area contributed by atoms with Crippen LogP contribution in [0.25, 0.3) is 0 Å². The van der Waals surface area contributed by atoms with Gasteiger partial charge in [-0.05, 0) is 13.8 Å². The zero-order valence-corrected chi connectivity index (χ0v) is 11.3. The number of nitro groups is 1. The fourth-order valence-corrected chi connectivity index (χ4v) is 1.77. The minimum Gasteiger partial charge on any atom is -0.481 e. The molecule has 0 saturated carbocycles. The number of amides is 1. The third kappa shape index (κ3) is 4.04. The summed E-state index contributed by atoms with van der Waals surface area (Å²) in [5, 5.41) is 25.7. The first kappa shape index (κ1) is 15.6. The van der Waals surface area contributed by atoms with E-state index in [4.69, 9.17) is 5.11 Å². The summed E-state index contributed by atoms with van der Waals surface area (Å²) >= 11 is 0. The first-order valence-electron chi connectivity index (χ1n) is 5.99. The van der Waals surface area contributed by atoms with Crippen LogP contribution in [0.3, 0.4) is 0 Å². The maximum Gasteiger partial charge on any atom is 0.312 e. The molecule has 0 aliphatic carbocycles. The molecule has 2 N–H and O–H groups in total. The van der Waals surface area contributed by atoms with Gasteiger partial charge in [0.05, 0.1) is 17.9 Å². The van der Waals surface area contributed by atoms with Crippen molar-refractivity contribution in [3.63, 3.8) is 0 Å². The predicted octanol–water partition coefficient (Wildman–Crippen LogP) is 0.389. The lowest BCUT2D eigenvalue weighted by atomic mass is 10.3. The molecule has 0 spiro atoms. The zero-order chi connectivity index (χ0) is 15.3.